The Kier molecular flexibility index (Phi) is 26.6. The summed E-state index contributed by atoms with van der Waals surface area (Å²) in [7, 11) is 0. The van der Waals surface area contributed by atoms with Crippen LogP contribution in [-0.2, 0) is 14.4 Å². The zero-order valence-corrected chi connectivity index (χ0v) is 29.3. The Hall–Kier alpha value is -1.63. The molecule has 3 atom stereocenters. The van der Waals surface area contributed by atoms with Gasteiger partial charge in [0.2, 0.25) is 0 Å². The molecule has 0 amide bonds. The molecule has 0 spiro atoms. The number of carboxylic acid groups (broad SMARTS) is 3. The molecule has 0 aliphatic carbocycles. The van der Waals surface area contributed by atoms with Gasteiger partial charge in [0.1, 0.15) is 11.8 Å². The van der Waals surface area contributed by atoms with Crippen LogP contribution < -0.4 is 5.11 Å². The molecule has 3 unspecified atom stereocenters. The molecule has 0 aliphatic rings. The predicted molar refractivity (Wildman–Crippen MR) is 179 cm³/mol. The molecule has 2 N–H and O–H groups in total. The average Bonchev–Trinajstić information content (AvgIpc) is 2.99. The normalized spacial score (nSPS) is 15.0. The molecule has 0 aromatic carbocycles. The Morgan fingerprint density at radius 1 is 0.477 bits per heavy atom. The number of hydrogen-bond donors (Lipinski definition) is 2. The van der Waals surface area contributed by atoms with E-state index in [1.807, 2.05) is 13.8 Å². The molecular weight excluding hydrogens is 554 g/mol. The molecule has 0 aromatic heterocycles. The van der Waals surface area contributed by atoms with Gasteiger partial charge in [-0.3, -0.25) is 9.59 Å². The summed E-state index contributed by atoms with van der Waals surface area (Å²) >= 11 is 0. The number of carbonyl (C=O) groups is 3. The van der Waals surface area contributed by atoms with E-state index in [-0.39, 0.29) is 24.1 Å². The smallest absolute Gasteiger partial charge is 0.312 e. The molecule has 44 heavy (non-hydrogen) atoms. The third-order valence-electron chi connectivity index (χ3n) is 9.82. The molecular formula is C37H71NO6. The van der Waals surface area contributed by atoms with E-state index in [4.69, 9.17) is 0 Å². The third kappa shape index (κ3) is 21.2. The van der Waals surface area contributed by atoms with E-state index >= 15 is 0 Å². The topological polar surface area (TPSA) is 115 Å². The summed E-state index contributed by atoms with van der Waals surface area (Å²) in [4.78, 5) is 35.9. The van der Waals surface area contributed by atoms with Crippen molar-refractivity contribution in [1.29, 1.82) is 0 Å². The maximum atomic E-state index is 12.0. The summed E-state index contributed by atoms with van der Waals surface area (Å²) < 4.78 is 0.223. The molecule has 0 fully saturated rings. The van der Waals surface area contributed by atoms with Crippen molar-refractivity contribution in [3.05, 3.63) is 0 Å². The van der Waals surface area contributed by atoms with Gasteiger partial charge < -0.3 is 24.6 Å². The highest BCUT2D eigenvalue weighted by Crippen LogP contribution is 2.25. The monoisotopic (exact) mass is 626 g/mol. The lowest BCUT2D eigenvalue weighted by Crippen LogP contribution is -2.59. The fourth-order valence-electron chi connectivity index (χ4n) is 6.74. The van der Waals surface area contributed by atoms with Crippen molar-refractivity contribution in [2.24, 2.45) is 17.8 Å². The second kappa shape index (κ2) is 27.7. The number of nitrogens with zero attached hydrogens (tertiary/aromatic N) is 1. The maximum absolute atomic E-state index is 12.0. The summed E-state index contributed by atoms with van der Waals surface area (Å²) in [6.07, 6.45) is 27.2. The third-order valence-corrected chi connectivity index (χ3v) is 9.82. The van der Waals surface area contributed by atoms with E-state index in [0.29, 0.717) is 25.8 Å². The van der Waals surface area contributed by atoms with Crippen LogP contribution in [0.4, 0.5) is 0 Å². The molecule has 0 radical (unpaired) electrons. The van der Waals surface area contributed by atoms with Gasteiger partial charge in [-0.1, -0.05) is 143 Å². The van der Waals surface area contributed by atoms with Crippen molar-refractivity contribution in [3.8, 4) is 0 Å². The Morgan fingerprint density at radius 2 is 0.750 bits per heavy atom. The SMILES string of the molecule is CCCCCCCCCCCCCCCCCCCCCC[N+](CC(CC)C(=O)[O-])(CC(CC)C(=O)O)CC(CC)C(=O)O. The zero-order chi connectivity index (χ0) is 33.1. The van der Waals surface area contributed by atoms with Crippen LogP contribution in [0.15, 0.2) is 0 Å². The van der Waals surface area contributed by atoms with E-state index in [9.17, 15) is 29.7 Å². The van der Waals surface area contributed by atoms with E-state index in [0.717, 1.165) is 19.3 Å². The summed E-state index contributed by atoms with van der Waals surface area (Å²) in [5.74, 6) is -4.92. The first-order valence-electron chi connectivity index (χ1n) is 18.7. The molecule has 0 aliphatic heterocycles. The Labute approximate surface area is 271 Å². The molecule has 7 heteroatoms. The van der Waals surface area contributed by atoms with E-state index < -0.39 is 35.7 Å². The highest BCUT2D eigenvalue weighted by Gasteiger charge is 2.39. The Morgan fingerprint density at radius 3 is 1.00 bits per heavy atom. The van der Waals surface area contributed by atoms with Crippen molar-refractivity contribution in [1.82, 2.24) is 0 Å². The van der Waals surface area contributed by atoms with Crippen LogP contribution in [0.2, 0.25) is 0 Å². The second-order valence-electron chi connectivity index (χ2n) is 13.6. The Balaban J connectivity index is 4.50. The minimum Gasteiger partial charge on any atom is -0.550 e. The van der Waals surface area contributed by atoms with Gasteiger partial charge in [-0.15, -0.1) is 0 Å². The van der Waals surface area contributed by atoms with Crippen molar-refractivity contribution >= 4 is 17.9 Å². The minimum atomic E-state index is -1.13. The molecule has 0 heterocycles. The van der Waals surface area contributed by atoms with Gasteiger partial charge in [-0.05, 0) is 32.1 Å². The first-order chi connectivity index (χ1) is 21.2. The summed E-state index contributed by atoms with van der Waals surface area (Å²) in [6.45, 7) is 9.09. The van der Waals surface area contributed by atoms with E-state index in [1.54, 1.807) is 6.92 Å². The maximum Gasteiger partial charge on any atom is 0.312 e. The van der Waals surface area contributed by atoms with Crippen LogP contribution in [-0.4, -0.2) is 58.8 Å². The summed E-state index contributed by atoms with van der Waals surface area (Å²) in [5.41, 5.74) is 0. The van der Waals surface area contributed by atoms with Gasteiger partial charge in [0.25, 0.3) is 0 Å². The standard InChI is InChI=1S/C37H71NO6/c1-5-9-10-11-12-13-14-15-16-17-18-19-20-21-22-23-24-25-26-27-28-38(29-32(6-2)35(39)40,30-33(7-3)36(41)42)31-34(8-4)37(43)44/h32-34H,5-31H2,1-4H3,(H2-,39,40,41,42,43,44). The zero-order valence-electron chi connectivity index (χ0n) is 29.3. The van der Waals surface area contributed by atoms with E-state index in [1.165, 1.54) is 109 Å². The lowest BCUT2D eigenvalue weighted by molar-refractivity contribution is -0.935. The van der Waals surface area contributed by atoms with Crippen LogP contribution in [0.5, 0.6) is 0 Å². The molecule has 0 rings (SSSR count). The largest absolute Gasteiger partial charge is 0.550 e. The number of quaternary nitrogens is 1. The quantitative estimate of drug-likeness (QED) is 0.0557. The van der Waals surface area contributed by atoms with Crippen LogP contribution in [0.25, 0.3) is 0 Å². The minimum absolute atomic E-state index is 0.223. The van der Waals surface area contributed by atoms with Gasteiger partial charge in [0.15, 0.2) is 0 Å². The first kappa shape index (κ1) is 42.4. The van der Waals surface area contributed by atoms with Gasteiger partial charge in [0, 0.05) is 5.92 Å². The van der Waals surface area contributed by atoms with Crippen LogP contribution in [0.1, 0.15) is 175 Å². The fourth-order valence-corrected chi connectivity index (χ4v) is 6.74. The van der Waals surface area contributed by atoms with Crippen molar-refractivity contribution in [3.63, 3.8) is 0 Å². The first-order valence-corrected chi connectivity index (χ1v) is 18.7. The number of carbonyl (C=O) groups excluding carboxylic acids is 1. The average molecular weight is 626 g/mol. The molecule has 0 bridgehead atoms. The second-order valence-corrected chi connectivity index (χ2v) is 13.6. The predicted octanol–water partition coefficient (Wildman–Crippen LogP) is 8.62. The van der Waals surface area contributed by atoms with E-state index in [2.05, 4.69) is 6.92 Å². The molecule has 0 saturated carbocycles. The summed E-state index contributed by atoms with van der Waals surface area (Å²) in [6, 6.07) is 0. The summed E-state index contributed by atoms with van der Waals surface area (Å²) in [5, 5.41) is 31.5. The van der Waals surface area contributed by atoms with Crippen LogP contribution >= 0.6 is 0 Å². The highest BCUT2D eigenvalue weighted by molar-refractivity contribution is 5.70. The van der Waals surface area contributed by atoms with Gasteiger partial charge in [0.05, 0.1) is 32.1 Å². The van der Waals surface area contributed by atoms with Crippen LogP contribution in [0, 0.1) is 17.8 Å². The number of carboxylic acids is 3. The van der Waals surface area contributed by atoms with Crippen molar-refractivity contribution in [2.75, 3.05) is 26.2 Å². The molecule has 7 nitrogen and oxygen atoms in total. The molecule has 0 aromatic rings. The number of aliphatic carboxylic acids is 3. The highest BCUT2D eigenvalue weighted by atomic mass is 16.4. The van der Waals surface area contributed by atoms with Crippen LogP contribution in [0.3, 0.4) is 0 Å². The molecule has 0 saturated heterocycles. The van der Waals surface area contributed by atoms with Gasteiger partial charge >= 0.3 is 11.9 Å². The lowest BCUT2D eigenvalue weighted by Gasteiger charge is -2.44. The fraction of sp³-hybridized carbons (Fsp3) is 0.919. The number of rotatable bonds is 33. The van der Waals surface area contributed by atoms with Gasteiger partial charge in [-0.2, -0.15) is 0 Å². The number of hydrogen-bond acceptors (Lipinski definition) is 4. The Bertz CT molecular complexity index is 667. The van der Waals surface area contributed by atoms with Gasteiger partial charge in [-0.25, -0.2) is 0 Å². The number of unbranched alkanes of at least 4 members (excludes halogenated alkanes) is 19. The van der Waals surface area contributed by atoms with Crippen molar-refractivity contribution in [2.45, 2.75) is 175 Å². The van der Waals surface area contributed by atoms with Crippen molar-refractivity contribution < 1.29 is 34.2 Å². The molecule has 260 valence electrons. The lowest BCUT2D eigenvalue weighted by atomic mass is 9.95.